The molecule has 0 bridgehead atoms. The first-order chi connectivity index (χ1) is 2.77. The maximum Gasteiger partial charge on any atom is -0.00748 e. The van der Waals surface area contributed by atoms with E-state index in [1.165, 1.54) is 0 Å². The normalized spacial score (nSPS) is 7.50. The molecule has 0 saturated carbocycles. The summed E-state index contributed by atoms with van der Waals surface area (Å²) in [6, 6.07) is 0. The first kappa shape index (κ1) is 15.7. The number of rotatable bonds is 2. The zero-order valence-corrected chi connectivity index (χ0v) is 4.57. The second-order valence-electron chi connectivity index (χ2n) is 1.97. The molecule has 0 rings (SSSR count). The van der Waals surface area contributed by atoms with Crippen LogP contribution in [0.25, 0.3) is 0 Å². The summed E-state index contributed by atoms with van der Waals surface area (Å²) < 4.78 is 0. The highest BCUT2D eigenvalue weighted by Crippen LogP contribution is 1.93. The van der Waals surface area contributed by atoms with E-state index >= 15 is 0 Å². The van der Waals surface area contributed by atoms with Crippen molar-refractivity contribution in [3.63, 3.8) is 0 Å². The molecule has 54 valence electrons. The van der Waals surface area contributed by atoms with E-state index in [4.69, 9.17) is 5.73 Å². The van der Waals surface area contributed by atoms with Crippen molar-refractivity contribution in [3.8, 4) is 0 Å². The third-order valence-corrected chi connectivity index (χ3v) is 0.744. The van der Waals surface area contributed by atoms with Crippen LogP contribution >= 0.6 is 0 Å². The molecular weight excluding hydrogens is 98.1 g/mol. The molecule has 0 aliphatic heterocycles. The molecule has 0 amide bonds. The van der Waals surface area contributed by atoms with E-state index in [0.717, 1.165) is 18.9 Å². The fourth-order valence-corrected chi connectivity index (χ4v) is 0.333. The Morgan fingerprint density at radius 3 is 1.62 bits per heavy atom. The fourth-order valence-electron chi connectivity index (χ4n) is 0.333. The van der Waals surface area contributed by atoms with Gasteiger partial charge in [0.2, 0.25) is 0 Å². The van der Waals surface area contributed by atoms with Gasteiger partial charge in [0.15, 0.2) is 0 Å². The molecule has 0 aliphatic carbocycles. The minimum absolute atomic E-state index is 0. The Balaban J connectivity index is -0.000000125. The van der Waals surface area contributed by atoms with Crippen LogP contribution in [0.3, 0.4) is 0 Å². The Bertz CT molecular complexity index is 25.6. The molecule has 1 heteroatoms. The summed E-state index contributed by atoms with van der Waals surface area (Å²) >= 11 is 0. The van der Waals surface area contributed by atoms with Crippen LogP contribution in [0.2, 0.25) is 0 Å². The topological polar surface area (TPSA) is 26.0 Å². The third-order valence-electron chi connectivity index (χ3n) is 0.744. The highest BCUT2D eigenvalue weighted by Gasteiger charge is 1.85. The average Bonchev–Trinajstić information content (AvgIpc) is 1.35. The molecular formula is C7H21N. The van der Waals surface area contributed by atoms with Crippen LogP contribution in [-0.2, 0) is 0 Å². The van der Waals surface area contributed by atoms with Crippen molar-refractivity contribution >= 4 is 0 Å². The minimum atomic E-state index is 0. The minimum Gasteiger partial charge on any atom is -0.330 e. The molecule has 2 N–H and O–H groups in total. The van der Waals surface area contributed by atoms with Crippen LogP contribution in [0.5, 0.6) is 0 Å². The summed E-state index contributed by atoms with van der Waals surface area (Å²) in [4.78, 5) is 0. The largest absolute Gasteiger partial charge is 0.330 e. The standard InChI is InChI=1S/C5H13N.2CH4/c1-5(2)3-4-6;;/h5H,3-4,6H2,1-2H3;2*1H4. The number of hydrogen-bond donors (Lipinski definition) is 1. The third kappa shape index (κ3) is 16.7. The summed E-state index contributed by atoms with van der Waals surface area (Å²) in [6.07, 6.45) is 1.15. The van der Waals surface area contributed by atoms with Crippen LogP contribution in [0.15, 0.2) is 0 Å². The lowest BCUT2D eigenvalue weighted by molar-refractivity contribution is 0.596. The Labute approximate surface area is 54.3 Å². The van der Waals surface area contributed by atoms with Gasteiger partial charge in [0.1, 0.15) is 0 Å². The van der Waals surface area contributed by atoms with E-state index in [1.807, 2.05) is 0 Å². The predicted molar refractivity (Wildman–Crippen MR) is 42.0 cm³/mol. The lowest BCUT2D eigenvalue weighted by Gasteiger charge is -1.96. The summed E-state index contributed by atoms with van der Waals surface area (Å²) in [5, 5.41) is 0. The van der Waals surface area contributed by atoms with Crippen molar-refractivity contribution in [3.05, 3.63) is 0 Å². The molecule has 0 aromatic carbocycles. The summed E-state index contributed by atoms with van der Waals surface area (Å²) in [5.41, 5.74) is 5.23. The smallest absolute Gasteiger partial charge is 0.00748 e. The van der Waals surface area contributed by atoms with Crippen LogP contribution in [0.4, 0.5) is 0 Å². The number of hydrogen-bond acceptors (Lipinski definition) is 1. The van der Waals surface area contributed by atoms with Crippen LogP contribution in [0, 0.1) is 5.92 Å². The zero-order valence-electron chi connectivity index (χ0n) is 4.57. The fraction of sp³-hybridized carbons (Fsp3) is 1.00. The maximum atomic E-state index is 5.23. The molecule has 0 aromatic rings. The predicted octanol–water partition coefficient (Wildman–Crippen LogP) is 2.26. The van der Waals surface area contributed by atoms with Gasteiger partial charge in [-0.2, -0.15) is 0 Å². The van der Waals surface area contributed by atoms with Crippen molar-refractivity contribution < 1.29 is 0 Å². The molecule has 8 heavy (non-hydrogen) atoms. The summed E-state index contributed by atoms with van der Waals surface area (Å²) in [5.74, 6) is 0.773. The molecule has 0 radical (unpaired) electrons. The van der Waals surface area contributed by atoms with Gasteiger partial charge in [-0.3, -0.25) is 0 Å². The molecule has 0 aliphatic rings. The number of nitrogens with two attached hydrogens (primary N) is 1. The van der Waals surface area contributed by atoms with Gasteiger partial charge in [0, 0.05) is 0 Å². The van der Waals surface area contributed by atoms with Crippen molar-refractivity contribution in [1.82, 2.24) is 0 Å². The SMILES string of the molecule is C.C.CC(C)CCN. The molecule has 0 heterocycles. The van der Waals surface area contributed by atoms with Crippen LogP contribution in [0.1, 0.15) is 35.1 Å². The second-order valence-corrected chi connectivity index (χ2v) is 1.97. The average molecular weight is 119 g/mol. The van der Waals surface area contributed by atoms with E-state index < -0.39 is 0 Å². The van der Waals surface area contributed by atoms with E-state index in [-0.39, 0.29) is 14.9 Å². The van der Waals surface area contributed by atoms with Crippen molar-refractivity contribution in [1.29, 1.82) is 0 Å². The van der Waals surface area contributed by atoms with Gasteiger partial charge >= 0.3 is 0 Å². The maximum absolute atomic E-state index is 5.23. The summed E-state index contributed by atoms with van der Waals surface area (Å²) in [6.45, 7) is 5.18. The Hall–Kier alpha value is -0.0400. The van der Waals surface area contributed by atoms with Gasteiger partial charge in [0.05, 0.1) is 0 Å². The van der Waals surface area contributed by atoms with Gasteiger partial charge in [0.25, 0.3) is 0 Å². The van der Waals surface area contributed by atoms with E-state index in [0.29, 0.717) is 0 Å². The van der Waals surface area contributed by atoms with E-state index in [1.54, 1.807) is 0 Å². The Kier molecular flexibility index (Phi) is 19.7. The molecule has 0 atom stereocenters. The Morgan fingerprint density at radius 2 is 1.62 bits per heavy atom. The van der Waals surface area contributed by atoms with Gasteiger partial charge in [-0.05, 0) is 18.9 Å². The second kappa shape index (κ2) is 10.0. The van der Waals surface area contributed by atoms with Gasteiger partial charge in [-0.15, -0.1) is 0 Å². The monoisotopic (exact) mass is 119 g/mol. The molecule has 0 aromatic heterocycles. The first-order valence-corrected chi connectivity index (χ1v) is 2.47. The lowest BCUT2D eigenvalue weighted by atomic mass is 10.1. The van der Waals surface area contributed by atoms with Crippen molar-refractivity contribution in [2.24, 2.45) is 11.7 Å². The quantitative estimate of drug-likeness (QED) is 0.593. The van der Waals surface area contributed by atoms with Crippen molar-refractivity contribution in [2.75, 3.05) is 6.54 Å². The molecule has 0 unspecified atom stereocenters. The molecule has 0 saturated heterocycles. The van der Waals surface area contributed by atoms with E-state index in [2.05, 4.69) is 13.8 Å². The molecule has 0 spiro atoms. The van der Waals surface area contributed by atoms with Crippen molar-refractivity contribution in [2.45, 2.75) is 35.1 Å². The van der Waals surface area contributed by atoms with Gasteiger partial charge in [-0.1, -0.05) is 28.7 Å². The molecule has 0 fully saturated rings. The highest BCUT2D eigenvalue weighted by atomic mass is 14.5. The van der Waals surface area contributed by atoms with Gasteiger partial charge in [-0.25, -0.2) is 0 Å². The Morgan fingerprint density at radius 1 is 1.25 bits per heavy atom. The zero-order chi connectivity index (χ0) is 4.99. The van der Waals surface area contributed by atoms with Crippen LogP contribution in [-0.4, -0.2) is 6.54 Å². The lowest BCUT2D eigenvalue weighted by Crippen LogP contribution is -2.01. The molecule has 1 nitrogen and oxygen atoms in total. The van der Waals surface area contributed by atoms with Crippen LogP contribution < -0.4 is 5.73 Å². The van der Waals surface area contributed by atoms with Gasteiger partial charge < -0.3 is 5.73 Å². The summed E-state index contributed by atoms with van der Waals surface area (Å²) in [7, 11) is 0. The highest BCUT2D eigenvalue weighted by molar-refractivity contribution is 4.42. The van der Waals surface area contributed by atoms with E-state index in [9.17, 15) is 0 Å². The first-order valence-electron chi connectivity index (χ1n) is 2.47.